The molecular formula is C28H43N7O6. The Morgan fingerprint density at radius 1 is 0.902 bits per heavy atom. The highest BCUT2D eigenvalue weighted by Gasteiger charge is 2.30. The second-order valence-corrected chi connectivity index (χ2v) is 10.6. The van der Waals surface area contributed by atoms with Gasteiger partial charge in [-0.3, -0.25) is 19.2 Å². The van der Waals surface area contributed by atoms with Crippen LogP contribution in [-0.4, -0.2) is 76.9 Å². The summed E-state index contributed by atoms with van der Waals surface area (Å²) >= 11 is 0. The van der Waals surface area contributed by atoms with Crippen molar-refractivity contribution in [2.24, 2.45) is 17.4 Å². The fraction of sp³-hybridized carbons (Fsp3) is 0.536. The van der Waals surface area contributed by atoms with E-state index in [0.717, 1.165) is 16.5 Å². The van der Waals surface area contributed by atoms with E-state index in [4.69, 9.17) is 11.5 Å². The molecule has 4 amide bonds. The van der Waals surface area contributed by atoms with E-state index in [2.05, 4.69) is 26.3 Å². The molecule has 2 aromatic rings. The molecule has 0 fully saturated rings. The second kappa shape index (κ2) is 16.3. The van der Waals surface area contributed by atoms with Gasteiger partial charge in [-0.2, -0.15) is 0 Å². The van der Waals surface area contributed by atoms with Crippen molar-refractivity contribution in [1.29, 1.82) is 0 Å². The van der Waals surface area contributed by atoms with Crippen molar-refractivity contribution >= 4 is 40.5 Å². The van der Waals surface area contributed by atoms with Gasteiger partial charge in [0.05, 0.1) is 12.6 Å². The average Bonchev–Trinajstić information content (AvgIpc) is 3.32. The van der Waals surface area contributed by atoms with Crippen LogP contribution >= 0.6 is 0 Å². The third-order valence-electron chi connectivity index (χ3n) is 6.49. The van der Waals surface area contributed by atoms with Crippen molar-refractivity contribution in [2.75, 3.05) is 13.1 Å². The molecule has 0 saturated heterocycles. The van der Waals surface area contributed by atoms with Gasteiger partial charge in [0.1, 0.15) is 18.1 Å². The zero-order valence-electron chi connectivity index (χ0n) is 23.9. The molecule has 13 nitrogen and oxygen atoms in total. The highest BCUT2D eigenvalue weighted by Crippen LogP contribution is 2.19. The van der Waals surface area contributed by atoms with Crippen LogP contribution in [0.1, 0.15) is 52.0 Å². The number of aliphatic carboxylic acids is 1. The maximum absolute atomic E-state index is 13.6. The lowest BCUT2D eigenvalue weighted by atomic mass is 10.00. The summed E-state index contributed by atoms with van der Waals surface area (Å²) in [7, 11) is 0. The second-order valence-electron chi connectivity index (χ2n) is 10.6. The zero-order chi connectivity index (χ0) is 30.5. The van der Waals surface area contributed by atoms with E-state index in [1.165, 1.54) is 6.92 Å². The average molecular weight is 574 g/mol. The predicted octanol–water partition coefficient (Wildman–Crippen LogP) is -0.112. The number of rotatable bonds is 17. The summed E-state index contributed by atoms with van der Waals surface area (Å²) in [5.74, 6) is -3.59. The first-order valence-electron chi connectivity index (χ1n) is 13.8. The number of carbonyl (C=O) groups excluding carboxylic acids is 4. The Kier molecular flexibility index (Phi) is 13.2. The van der Waals surface area contributed by atoms with E-state index in [9.17, 15) is 29.1 Å². The Labute approximate surface area is 239 Å². The number of aromatic nitrogens is 1. The Hall–Kier alpha value is -3.97. The van der Waals surface area contributed by atoms with Crippen molar-refractivity contribution in [3.63, 3.8) is 0 Å². The largest absolute Gasteiger partial charge is 0.480 e. The number of fused-ring (bicyclic) bond motifs is 1. The molecule has 0 bridgehead atoms. The van der Waals surface area contributed by atoms with Crippen LogP contribution in [0.2, 0.25) is 0 Å². The van der Waals surface area contributed by atoms with Crippen LogP contribution in [0.25, 0.3) is 10.9 Å². The normalized spacial score (nSPS) is 14.1. The fourth-order valence-electron chi connectivity index (χ4n) is 4.30. The number of carboxylic acid groups (broad SMARTS) is 1. The van der Waals surface area contributed by atoms with E-state index in [0.29, 0.717) is 19.4 Å². The van der Waals surface area contributed by atoms with E-state index in [-0.39, 0.29) is 25.2 Å². The molecule has 4 atom stereocenters. The summed E-state index contributed by atoms with van der Waals surface area (Å²) in [5, 5.41) is 20.8. The van der Waals surface area contributed by atoms with E-state index in [1.807, 2.05) is 38.1 Å². The van der Waals surface area contributed by atoms with E-state index < -0.39 is 60.3 Å². The fourth-order valence-corrected chi connectivity index (χ4v) is 4.30. The number of benzene rings is 1. The number of para-hydroxylation sites is 1. The summed E-state index contributed by atoms with van der Waals surface area (Å²) in [6, 6.07) is 3.40. The number of H-pyrrole nitrogens is 1. The number of hydrogen-bond acceptors (Lipinski definition) is 7. The highest BCUT2D eigenvalue weighted by molar-refractivity contribution is 5.95. The molecule has 41 heavy (non-hydrogen) atoms. The number of nitrogens with one attached hydrogen (secondary N) is 5. The standard InChI is InChI=1S/C28H43N7O6/c1-16(2)12-22(26(38)34-21(28(40)41)10-6-7-11-29)35-27(39)23(33-24(36)15-32-25(37)17(3)30)13-18-14-31-20-9-5-4-8-19(18)20/h4-5,8-9,14,16-17,21-23,31H,6-7,10-13,15,29-30H2,1-3H3,(H,32,37)(H,33,36)(H,34,38)(H,35,39)(H,40,41)/t17-,21-,22-,23-/m0/s1. The first kappa shape index (κ1) is 33.2. The van der Waals surface area contributed by atoms with Gasteiger partial charge < -0.3 is 42.8 Å². The van der Waals surface area contributed by atoms with Crippen LogP contribution < -0.4 is 32.7 Å². The number of carboxylic acids is 1. The van der Waals surface area contributed by atoms with Gasteiger partial charge in [-0.05, 0) is 56.7 Å². The van der Waals surface area contributed by atoms with Gasteiger partial charge >= 0.3 is 5.97 Å². The zero-order valence-corrected chi connectivity index (χ0v) is 23.9. The summed E-state index contributed by atoms with van der Waals surface area (Å²) in [6.45, 7) is 5.23. The van der Waals surface area contributed by atoms with Crippen molar-refractivity contribution in [3.8, 4) is 0 Å². The number of hydrogen-bond donors (Lipinski definition) is 8. The topological polar surface area (TPSA) is 222 Å². The third-order valence-corrected chi connectivity index (χ3v) is 6.49. The van der Waals surface area contributed by atoms with Crippen LogP contribution in [-0.2, 0) is 30.4 Å². The summed E-state index contributed by atoms with van der Waals surface area (Å²) in [6.07, 6.45) is 3.42. The van der Waals surface area contributed by atoms with Gasteiger partial charge in [-0.1, -0.05) is 32.0 Å². The van der Waals surface area contributed by atoms with Crippen LogP contribution in [0.15, 0.2) is 30.5 Å². The van der Waals surface area contributed by atoms with Crippen molar-refractivity contribution in [2.45, 2.75) is 77.0 Å². The molecule has 1 aromatic heterocycles. The molecule has 1 aromatic carbocycles. The number of nitrogens with two attached hydrogens (primary N) is 2. The lowest BCUT2D eigenvalue weighted by Gasteiger charge is -2.25. The monoisotopic (exact) mass is 573 g/mol. The number of unbranched alkanes of at least 4 members (excludes halogenated alkanes) is 1. The highest BCUT2D eigenvalue weighted by atomic mass is 16.4. The first-order chi connectivity index (χ1) is 19.4. The van der Waals surface area contributed by atoms with E-state index in [1.54, 1.807) is 6.20 Å². The SMILES string of the molecule is CC(C)C[C@H](NC(=O)[C@H](Cc1c[nH]c2ccccc12)NC(=O)CNC(=O)[C@H](C)N)C(=O)N[C@@H](CCCCN)C(=O)O. The molecule has 10 N–H and O–H groups in total. The minimum absolute atomic E-state index is 0.0123. The first-order valence-corrected chi connectivity index (χ1v) is 13.8. The minimum atomic E-state index is -1.18. The Bertz CT molecular complexity index is 1200. The maximum Gasteiger partial charge on any atom is 0.326 e. The molecule has 0 aliphatic carbocycles. The molecule has 0 aliphatic rings. The number of carbonyl (C=O) groups is 5. The maximum atomic E-state index is 13.6. The quantitative estimate of drug-likeness (QED) is 0.119. The Balaban J connectivity index is 2.24. The summed E-state index contributed by atoms with van der Waals surface area (Å²) in [4.78, 5) is 66.1. The molecule has 0 aliphatic heterocycles. The minimum Gasteiger partial charge on any atom is -0.480 e. The van der Waals surface area contributed by atoms with Gasteiger partial charge in [0.15, 0.2) is 0 Å². The van der Waals surface area contributed by atoms with Gasteiger partial charge in [0, 0.05) is 23.5 Å². The molecule has 226 valence electrons. The van der Waals surface area contributed by atoms with Crippen molar-refractivity contribution in [1.82, 2.24) is 26.3 Å². The molecule has 13 heteroatoms. The van der Waals surface area contributed by atoms with Crippen LogP contribution in [0.4, 0.5) is 0 Å². The Morgan fingerprint density at radius 2 is 1.56 bits per heavy atom. The third kappa shape index (κ3) is 10.8. The lowest BCUT2D eigenvalue weighted by Crippen LogP contribution is -2.57. The van der Waals surface area contributed by atoms with Crippen molar-refractivity contribution in [3.05, 3.63) is 36.0 Å². The molecule has 0 radical (unpaired) electrons. The molecule has 1 heterocycles. The smallest absolute Gasteiger partial charge is 0.326 e. The number of amides is 4. The van der Waals surface area contributed by atoms with Crippen LogP contribution in [0.3, 0.4) is 0 Å². The predicted molar refractivity (Wildman–Crippen MR) is 154 cm³/mol. The lowest BCUT2D eigenvalue weighted by molar-refractivity contribution is -0.142. The number of aromatic amines is 1. The Morgan fingerprint density at radius 3 is 2.20 bits per heavy atom. The molecule has 0 spiro atoms. The van der Waals surface area contributed by atoms with Gasteiger partial charge in [-0.15, -0.1) is 0 Å². The molecular weight excluding hydrogens is 530 g/mol. The van der Waals surface area contributed by atoms with Crippen molar-refractivity contribution < 1.29 is 29.1 Å². The molecule has 0 unspecified atom stereocenters. The van der Waals surface area contributed by atoms with Crippen LogP contribution in [0.5, 0.6) is 0 Å². The van der Waals surface area contributed by atoms with Gasteiger partial charge in [0.25, 0.3) is 0 Å². The van der Waals surface area contributed by atoms with Gasteiger partial charge in [0.2, 0.25) is 23.6 Å². The summed E-state index contributed by atoms with van der Waals surface area (Å²) in [5.41, 5.74) is 12.6. The van der Waals surface area contributed by atoms with E-state index >= 15 is 0 Å². The van der Waals surface area contributed by atoms with Crippen LogP contribution in [0, 0.1) is 5.92 Å². The van der Waals surface area contributed by atoms with Gasteiger partial charge in [-0.25, -0.2) is 4.79 Å². The molecule has 2 rings (SSSR count). The molecule has 0 saturated carbocycles. The summed E-state index contributed by atoms with van der Waals surface area (Å²) < 4.78 is 0.